The molecule has 1 aliphatic heterocycles. The van der Waals surface area contributed by atoms with E-state index in [4.69, 9.17) is 4.74 Å². The summed E-state index contributed by atoms with van der Waals surface area (Å²) in [6.45, 7) is 13.2. The summed E-state index contributed by atoms with van der Waals surface area (Å²) in [5, 5.41) is 8.62. The molecule has 0 atom stereocenters. The Hall–Kier alpha value is -3.28. The predicted octanol–water partition coefficient (Wildman–Crippen LogP) is 4.89. The average Bonchev–Trinajstić information content (AvgIpc) is 2.62. The zero-order chi connectivity index (χ0) is 21.4. The number of benzene rings is 2. The second-order valence-electron chi connectivity index (χ2n) is 8.34. The molecule has 1 heterocycles. The summed E-state index contributed by atoms with van der Waals surface area (Å²) >= 11 is 0. The van der Waals surface area contributed by atoms with Gasteiger partial charge in [0.05, 0.1) is 11.2 Å². The lowest BCUT2D eigenvalue weighted by molar-refractivity contribution is -0.129. The van der Waals surface area contributed by atoms with E-state index in [-0.39, 0.29) is 11.9 Å². The first-order chi connectivity index (χ1) is 13.5. The van der Waals surface area contributed by atoms with E-state index in [9.17, 15) is 9.59 Å². The van der Waals surface area contributed by atoms with Crippen molar-refractivity contribution in [1.82, 2.24) is 5.32 Å². The second kappa shape index (κ2) is 7.28. The summed E-state index contributed by atoms with van der Waals surface area (Å²) < 4.78 is 5.71. The number of hydrogen-bond donors (Lipinski definition) is 3. The van der Waals surface area contributed by atoms with E-state index in [0.29, 0.717) is 17.1 Å². The standard InChI is InChI=1S/C23H27N3O3/c1-14(2)15-8-7-9-16(12-15)22(3,4)26-21(28)24-17-10-11-19-18(13-17)25-20(27)23(5,6)29-19/h7-13H,1H2,2-6H3,(H,25,27)(H2,24,26,28). The van der Waals surface area contributed by atoms with Gasteiger partial charge in [0.1, 0.15) is 5.75 Å². The van der Waals surface area contributed by atoms with Crippen LogP contribution >= 0.6 is 0 Å². The molecule has 0 aromatic heterocycles. The normalized spacial score (nSPS) is 14.9. The van der Waals surface area contributed by atoms with Crippen LogP contribution in [0.3, 0.4) is 0 Å². The van der Waals surface area contributed by atoms with Gasteiger partial charge in [-0.1, -0.05) is 30.4 Å². The Morgan fingerprint density at radius 2 is 1.90 bits per heavy atom. The molecule has 0 spiro atoms. The molecule has 152 valence electrons. The van der Waals surface area contributed by atoms with Crippen LogP contribution in [-0.2, 0) is 10.3 Å². The van der Waals surface area contributed by atoms with Crippen molar-refractivity contribution < 1.29 is 14.3 Å². The summed E-state index contributed by atoms with van der Waals surface area (Å²) in [5.41, 5.74) is 2.53. The number of hydrogen-bond acceptors (Lipinski definition) is 3. The lowest BCUT2D eigenvalue weighted by atomic mass is 9.92. The van der Waals surface area contributed by atoms with Crippen molar-refractivity contribution in [1.29, 1.82) is 0 Å². The van der Waals surface area contributed by atoms with Crippen molar-refractivity contribution in [2.45, 2.75) is 45.8 Å². The van der Waals surface area contributed by atoms with Crippen LogP contribution in [0.1, 0.15) is 45.7 Å². The van der Waals surface area contributed by atoms with Gasteiger partial charge in [-0.25, -0.2) is 4.79 Å². The summed E-state index contributed by atoms with van der Waals surface area (Å²) in [5.74, 6) is 0.336. The minimum atomic E-state index is -0.929. The Morgan fingerprint density at radius 1 is 1.17 bits per heavy atom. The van der Waals surface area contributed by atoms with Crippen LogP contribution in [0.4, 0.5) is 16.2 Å². The van der Waals surface area contributed by atoms with Gasteiger partial charge in [0.15, 0.2) is 5.60 Å². The smallest absolute Gasteiger partial charge is 0.319 e. The average molecular weight is 393 g/mol. The lowest BCUT2D eigenvalue weighted by Gasteiger charge is -2.32. The third kappa shape index (κ3) is 4.42. The van der Waals surface area contributed by atoms with Gasteiger partial charge in [-0.2, -0.15) is 0 Å². The Bertz CT molecular complexity index is 993. The van der Waals surface area contributed by atoms with Crippen molar-refractivity contribution in [3.8, 4) is 5.75 Å². The minimum Gasteiger partial charge on any atom is -0.476 e. The van der Waals surface area contributed by atoms with E-state index in [1.807, 2.05) is 45.0 Å². The third-order valence-corrected chi connectivity index (χ3v) is 4.90. The molecule has 6 heteroatoms. The molecule has 0 radical (unpaired) electrons. The van der Waals surface area contributed by atoms with Gasteiger partial charge in [-0.3, -0.25) is 4.79 Å². The van der Waals surface area contributed by atoms with Crippen LogP contribution in [0.2, 0.25) is 0 Å². The molecular formula is C23H27N3O3. The van der Waals surface area contributed by atoms with Crippen LogP contribution in [0.15, 0.2) is 49.0 Å². The molecular weight excluding hydrogens is 366 g/mol. The fourth-order valence-corrected chi connectivity index (χ4v) is 3.08. The van der Waals surface area contributed by atoms with Crippen molar-refractivity contribution in [3.05, 3.63) is 60.2 Å². The van der Waals surface area contributed by atoms with Crippen LogP contribution in [0.25, 0.3) is 5.57 Å². The SMILES string of the molecule is C=C(C)c1cccc(C(C)(C)NC(=O)Nc2ccc3c(c2)NC(=O)C(C)(C)O3)c1. The molecule has 0 saturated carbocycles. The van der Waals surface area contributed by atoms with Crippen molar-refractivity contribution in [2.75, 3.05) is 10.6 Å². The number of anilines is 2. The molecule has 6 nitrogen and oxygen atoms in total. The summed E-state index contributed by atoms with van der Waals surface area (Å²) in [6.07, 6.45) is 0. The molecule has 0 unspecified atom stereocenters. The number of rotatable bonds is 4. The first-order valence-corrected chi connectivity index (χ1v) is 9.48. The van der Waals surface area contributed by atoms with E-state index >= 15 is 0 Å². The van der Waals surface area contributed by atoms with Gasteiger partial charge in [0, 0.05) is 5.69 Å². The molecule has 3 amide bonds. The zero-order valence-electron chi connectivity index (χ0n) is 17.5. The molecule has 0 saturated heterocycles. The summed E-state index contributed by atoms with van der Waals surface area (Å²) in [7, 11) is 0. The van der Waals surface area contributed by atoms with Gasteiger partial charge in [-0.05, 0) is 70.0 Å². The fourth-order valence-electron chi connectivity index (χ4n) is 3.08. The van der Waals surface area contributed by atoms with Gasteiger partial charge in [0.25, 0.3) is 5.91 Å². The largest absolute Gasteiger partial charge is 0.476 e. The maximum Gasteiger partial charge on any atom is 0.319 e. The van der Waals surface area contributed by atoms with Crippen molar-refractivity contribution >= 4 is 28.9 Å². The van der Waals surface area contributed by atoms with E-state index < -0.39 is 11.1 Å². The molecule has 2 aromatic rings. The van der Waals surface area contributed by atoms with Gasteiger partial charge in [-0.15, -0.1) is 0 Å². The first-order valence-electron chi connectivity index (χ1n) is 9.48. The highest BCUT2D eigenvalue weighted by Gasteiger charge is 2.35. The third-order valence-electron chi connectivity index (χ3n) is 4.90. The van der Waals surface area contributed by atoms with Gasteiger partial charge < -0.3 is 20.7 Å². The highest BCUT2D eigenvalue weighted by molar-refractivity contribution is 6.01. The monoisotopic (exact) mass is 393 g/mol. The highest BCUT2D eigenvalue weighted by Crippen LogP contribution is 2.35. The molecule has 3 rings (SSSR count). The number of carbonyl (C=O) groups is 2. The summed E-state index contributed by atoms with van der Waals surface area (Å²) in [6, 6.07) is 12.7. The fraction of sp³-hybridized carbons (Fsp3) is 0.304. The van der Waals surface area contributed by atoms with Gasteiger partial charge >= 0.3 is 6.03 Å². The van der Waals surface area contributed by atoms with E-state index in [1.54, 1.807) is 32.0 Å². The first kappa shape index (κ1) is 20.5. The molecule has 0 aliphatic carbocycles. The van der Waals surface area contributed by atoms with E-state index in [0.717, 1.165) is 16.7 Å². The predicted molar refractivity (Wildman–Crippen MR) is 116 cm³/mol. The number of carbonyl (C=O) groups excluding carboxylic acids is 2. The number of nitrogens with one attached hydrogen (secondary N) is 3. The Labute approximate surface area is 171 Å². The quantitative estimate of drug-likeness (QED) is 0.692. The number of allylic oxidation sites excluding steroid dienone is 1. The van der Waals surface area contributed by atoms with Crippen LogP contribution < -0.4 is 20.7 Å². The van der Waals surface area contributed by atoms with Crippen LogP contribution in [0, 0.1) is 0 Å². The molecule has 1 aliphatic rings. The topological polar surface area (TPSA) is 79.5 Å². The lowest BCUT2D eigenvalue weighted by Crippen LogP contribution is -2.45. The maximum atomic E-state index is 12.6. The number of urea groups is 1. The Kier molecular flexibility index (Phi) is 5.13. The maximum absolute atomic E-state index is 12.6. The zero-order valence-corrected chi connectivity index (χ0v) is 17.5. The van der Waals surface area contributed by atoms with Crippen LogP contribution in [-0.4, -0.2) is 17.5 Å². The Morgan fingerprint density at radius 3 is 2.59 bits per heavy atom. The van der Waals surface area contributed by atoms with Gasteiger partial charge in [0.2, 0.25) is 0 Å². The van der Waals surface area contributed by atoms with Crippen molar-refractivity contribution in [3.63, 3.8) is 0 Å². The molecule has 29 heavy (non-hydrogen) atoms. The Balaban J connectivity index is 1.72. The second-order valence-corrected chi connectivity index (χ2v) is 8.34. The molecule has 0 bridgehead atoms. The molecule has 2 aromatic carbocycles. The molecule has 3 N–H and O–H groups in total. The summed E-state index contributed by atoms with van der Waals surface area (Å²) in [4.78, 5) is 24.7. The van der Waals surface area contributed by atoms with Crippen LogP contribution in [0.5, 0.6) is 5.75 Å². The molecule has 0 fully saturated rings. The minimum absolute atomic E-state index is 0.231. The highest BCUT2D eigenvalue weighted by atomic mass is 16.5. The number of fused-ring (bicyclic) bond motifs is 1. The number of ether oxygens (including phenoxy) is 1. The van der Waals surface area contributed by atoms with E-state index in [2.05, 4.69) is 22.5 Å². The van der Waals surface area contributed by atoms with Crippen molar-refractivity contribution in [2.24, 2.45) is 0 Å². The number of amides is 3. The van der Waals surface area contributed by atoms with E-state index in [1.165, 1.54) is 0 Å².